The van der Waals surface area contributed by atoms with E-state index in [1.807, 2.05) is 72.8 Å². The molecule has 0 bridgehead atoms. The van der Waals surface area contributed by atoms with Gasteiger partial charge in [0.15, 0.2) is 11.5 Å². The monoisotopic (exact) mass is 808 g/mol. The molecule has 5 aromatic rings. The molecule has 0 aromatic heterocycles. The molecular weight excluding hydrogens is 774 g/mol. The number of carbonyl (C=O) groups is 1. The lowest BCUT2D eigenvalue weighted by Gasteiger charge is -2.29. The van der Waals surface area contributed by atoms with E-state index in [1.165, 1.54) is 16.7 Å². The highest BCUT2D eigenvalue weighted by atomic mass is 127. The molecule has 5 nitrogen and oxygen atoms in total. The molecule has 1 aliphatic rings. The molecule has 1 atom stereocenters. The van der Waals surface area contributed by atoms with Gasteiger partial charge in [-0.3, -0.25) is 4.79 Å². The van der Waals surface area contributed by atoms with Crippen LogP contribution in [0.2, 0.25) is 0 Å². The lowest BCUT2D eigenvalue weighted by atomic mass is 9.89. The fraction of sp³-hybridized carbons (Fsp3) is 0.162. The smallest absolute Gasteiger partial charge is 0.255 e. The number of hydrogen-bond acceptors (Lipinski definition) is 4. The molecule has 5 aromatic carbocycles. The van der Waals surface area contributed by atoms with Crippen LogP contribution >= 0.6 is 46.6 Å². The third-order valence-corrected chi connectivity index (χ3v) is 8.49. The van der Waals surface area contributed by atoms with Crippen molar-refractivity contribution < 1.29 is 14.3 Å². The summed E-state index contributed by atoms with van der Waals surface area (Å²) in [6, 6.07) is 40.4. The van der Waals surface area contributed by atoms with Gasteiger partial charge in [0.2, 0.25) is 0 Å². The Morgan fingerprint density at radius 3 is 1.95 bits per heavy atom. The van der Waals surface area contributed by atoms with Crippen molar-refractivity contribution in [2.75, 3.05) is 11.9 Å². The summed E-state index contributed by atoms with van der Waals surface area (Å²) in [6.45, 7) is 1.84. The van der Waals surface area contributed by atoms with Crippen LogP contribution in [0.3, 0.4) is 0 Å². The molecule has 0 spiro atoms. The highest BCUT2D eigenvalue weighted by Crippen LogP contribution is 2.38. The van der Waals surface area contributed by atoms with E-state index in [1.54, 1.807) is 0 Å². The molecule has 1 heterocycles. The van der Waals surface area contributed by atoms with Gasteiger partial charge in [0.1, 0.15) is 13.2 Å². The Hall–Kier alpha value is -3.41. The normalized spacial score (nSPS) is 13.7. The summed E-state index contributed by atoms with van der Waals surface area (Å²) in [6.07, 6.45) is 1.74. The van der Waals surface area contributed by atoms with E-state index < -0.39 is 0 Å². The Morgan fingerprint density at radius 2 is 1.34 bits per heavy atom. The number of halogens is 2. The number of nitrogens with one attached hydrogen (secondary N) is 2. The minimum absolute atomic E-state index is 0. The highest BCUT2D eigenvalue weighted by Gasteiger charge is 2.24. The van der Waals surface area contributed by atoms with Gasteiger partial charge in [0.25, 0.3) is 5.91 Å². The Labute approximate surface area is 289 Å². The molecule has 44 heavy (non-hydrogen) atoms. The second-order valence-electron chi connectivity index (χ2n) is 10.6. The average Bonchev–Trinajstić information content (AvgIpc) is 3.05. The van der Waals surface area contributed by atoms with Gasteiger partial charge in [-0.1, -0.05) is 84.9 Å². The summed E-state index contributed by atoms with van der Waals surface area (Å²) in [4.78, 5) is 12.7. The quantitative estimate of drug-likeness (QED) is 0.139. The molecule has 1 unspecified atom stereocenters. The Balaban J connectivity index is 0.00000384. The first kappa shape index (κ1) is 32.0. The van der Waals surface area contributed by atoms with E-state index in [0.29, 0.717) is 18.8 Å². The first-order valence-electron chi connectivity index (χ1n) is 14.5. The van der Waals surface area contributed by atoms with E-state index in [2.05, 4.69) is 81.8 Å². The molecule has 0 saturated carbocycles. The van der Waals surface area contributed by atoms with Crippen molar-refractivity contribution in [1.29, 1.82) is 0 Å². The summed E-state index contributed by atoms with van der Waals surface area (Å²) >= 11 is 2.30. The van der Waals surface area contributed by atoms with Gasteiger partial charge in [-0.05, 0) is 106 Å². The van der Waals surface area contributed by atoms with E-state index >= 15 is 0 Å². The molecule has 1 amide bonds. The van der Waals surface area contributed by atoms with Crippen molar-refractivity contribution in [3.05, 3.63) is 158 Å². The number of hydrogen-bond donors (Lipinski definition) is 2. The number of benzene rings is 5. The van der Waals surface area contributed by atoms with Crippen molar-refractivity contribution in [2.24, 2.45) is 0 Å². The summed E-state index contributed by atoms with van der Waals surface area (Å²) in [5.41, 5.74) is 7.39. The highest BCUT2D eigenvalue weighted by molar-refractivity contribution is 14.1. The Bertz CT molecular complexity index is 1680. The zero-order valence-electron chi connectivity index (χ0n) is 24.2. The fourth-order valence-corrected chi connectivity index (χ4v) is 6.05. The van der Waals surface area contributed by atoms with Crippen LogP contribution in [0.15, 0.2) is 121 Å². The number of fused-ring (bicyclic) bond motifs is 1. The number of anilines is 1. The standard InChI is InChI=1S/C37H33IN2O3.HI/c38-32-20-28(16-17-33(32)40-37(41)29-14-8-3-9-15-29)21-34-31-23-36(43-25-27-12-6-2-7-13-27)35(22-30(31)18-19-39-34)42-24-26-10-4-1-5-11-26;/h1-17,20,22-23,34,39H,18-19,21,24-25H2,(H,40,41);1H. The summed E-state index contributed by atoms with van der Waals surface area (Å²) in [5.74, 6) is 1.41. The van der Waals surface area contributed by atoms with Crippen LogP contribution in [-0.4, -0.2) is 12.5 Å². The van der Waals surface area contributed by atoms with Gasteiger partial charge in [-0.25, -0.2) is 0 Å². The minimum Gasteiger partial charge on any atom is -0.485 e. The predicted molar refractivity (Wildman–Crippen MR) is 195 cm³/mol. The number of amides is 1. The topological polar surface area (TPSA) is 59.6 Å². The van der Waals surface area contributed by atoms with Crippen molar-refractivity contribution in [3.8, 4) is 11.5 Å². The van der Waals surface area contributed by atoms with E-state index in [9.17, 15) is 4.79 Å². The minimum atomic E-state index is -0.109. The first-order chi connectivity index (χ1) is 21.1. The first-order valence-corrected chi connectivity index (χ1v) is 15.6. The van der Waals surface area contributed by atoms with Gasteiger partial charge >= 0.3 is 0 Å². The molecule has 1 aliphatic heterocycles. The molecule has 2 N–H and O–H groups in total. The molecule has 224 valence electrons. The van der Waals surface area contributed by atoms with Crippen molar-refractivity contribution in [3.63, 3.8) is 0 Å². The van der Waals surface area contributed by atoms with Crippen LogP contribution < -0.4 is 20.1 Å². The van der Waals surface area contributed by atoms with Gasteiger partial charge in [-0.2, -0.15) is 0 Å². The van der Waals surface area contributed by atoms with Crippen molar-refractivity contribution in [1.82, 2.24) is 5.32 Å². The van der Waals surface area contributed by atoms with Gasteiger partial charge in [0.05, 0.1) is 5.69 Å². The number of rotatable bonds is 10. The Morgan fingerprint density at radius 1 is 0.750 bits per heavy atom. The van der Waals surface area contributed by atoms with Crippen LogP contribution in [0.25, 0.3) is 0 Å². The van der Waals surface area contributed by atoms with E-state index in [0.717, 1.165) is 51.3 Å². The zero-order valence-corrected chi connectivity index (χ0v) is 28.7. The molecule has 0 saturated heterocycles. The lowest BCUT2D eigenvalue weighted by Crippen LogP contribution is -2.31. The largest absolute Gasteiger partial charge is 0.485 e. The molecule has 6 rings (SSSR count). The lowest BCUT2D eigenvalue weighted by molar-refractivity contribution is 0.102. The van der Waals surface area contributed by atoms with Gasteiger partial charge in [0, 0.05) is 15.2 Å². The van der Waals surface area contributed by atoms with Crippen LogP contribution in [0.5, 0.6) is 11.5 Å². The Kier molecular flexibility index (Phi) is 11.3. The van der Waals surface area contributed by atoms with Crippen LogP contribution in [0, 0.1) is 3.57 Å². The van der Waals surface area contributed by atoms with Gasteiger partial charge in [-0.15, -0.1) is 24.0 Å². The molecule has 0 fully saturated rings. The van der Waals surface area contributed by atoms with Crippen LogP contribution in [0.4, 0.5) is 5.69 Å². The van der Waals surface area contributed by atoms with Crippen molar-refractivity contribution in [2.45, 2.75) is 32.1 Å². The van der Waals surface area contributed by atoms with Gasteiger partial charge < -0.3 is 20.1 Å². The third kappa shape index (κ3) is 8.19. The van der Waals surface area contributed by atoms with Crippen LogP contribution in [0.1, 0.15) is 44.2 Å². The molecular formula is C37H34I2N2O3. The van der Waals surface area contributed by atoms with Crippen molar-refractivity contribution >= 4 is 58.2 Å². The summed E-state index contributed by atoms with van der Waals surface area (Å²) in [5, 5.41) is 6.77. The molecule has 0 aliphatic carbocycles. The maximum Gasteiger partial charge on any atom is 0.255 e. The number of carbonyl (C=O) groups excluding carboxylic acids is 1. The predicted octanol–water partition coefficient (Wildman–Crippen LogP) is 8.75. The summed E-state index contributed by atoms with van der Waals surface area (Å²) in [7, 11) is 0. The van der Waals surface area contributed by atoms with E-state index in [4.69, 9.17) is 9.47 Å². The number of ether oxygens (including phenoxy) is 2. The maximum absolute atomic E-state index is 12.7. The maximum atomic E-state index is 12.7. The summed E-state index contributed by atoms with van der Waals surface area (Å²) < 4.78 is 13.7. The second kappa shape index (κ2) is 15.5. The SMILES string of the molecule is I.O=C(Nc1ccc(CC2NCCc3cc(OCc4ccccc4)c(OCc4ccccc4)cc32)cc1I)c1ccccc1. The fourth-order valence-electron chi connectivity index (χ4n) is 5.33. The second-order valence-corrected chi connectivity index (χ2v) is 11.8. The molecule has 7 heteroatoms. The molecule has 0 radical (unpaired) electrons. The van der Waals surface area contributed by atoms with Crippen LogP contribution in [-0.2, 0) is 26.1 Å². The zero-order chi connectivity index (χ0) is 29.4. The third-order valence-electron chi connectivity index (χ3n) is 7.60. The van der Waals surface area contributed by atoms with E-state index in [-0.39, 0.29) is 35.9 Å². The average molecular weight is 808 g/mol.